The Bertz CT molecular complexity index is 881. The van der Waals surface area contributed by atoms with Gasteiger partial charge in [0.1, 0.15) is 0 Å². The van der Waals surface area contributed by atoms with Crippen LogP contribution < -0.4 is 11.1 Å². The Hall–Kier alpha value is -2.90. The SMILES string of the molecule is C[C@H](OC(=O)CCn1[nH]c(=O)c2ccccc2c1=O)C(=O)N(C)C. The summed E-state index contributed by atoms with van der Waals surface area (Å²) >= 11 is 0. The van der Waals surface area contributed by atoms with Gasteiger partial charge >= 0.3 is 5.97 Å². The number of amides is 1. The number of nitrogens with zero attached hydrogens (tertiary/aromatic N) is 2. The molecule has 1 atom stereocenters. The molecular formula is C16H19N3O5. The van der Waals surface area contributed by atoms with Gasteiger partial charge in [-0.05, 0) is 19.1 Å². The van der Waals surface area contributed by atoms with Gasteiger partial charge in [-0.2, -0.15) is 0 Å². The number of aryl methyl sites for hydroxylation is 1. The fourth-order valence-corrected chi connectivity index (χ4v) is 2.28. The van der Waals surface area contributed by atoms with E-state index in [2.05, 4.69) is 5.10 Å². The summed E-state index contributed by atoms with van der Waals surface area (Å²) in [7, 11) is 3.12. The van der Waals surface area contributed by atoms with E-state index in [9.17, 15) is 19.2 Å². The molecule has 0 radical (unpaired) electrons. The van der Waals surface area contributed by atoms with Gasteiger partial charge in [0.2, 0.25) is 0 Å². The molecule has 1 aromatic carbocycles. The number of benzene rings is 1. The second kappa shape index (κ2) is 7.12. The lowest BCUT2D eigenvalue weighted by atomic mass is 10.2. The number of hydrogen-bond donors (Lipinski definition) is 1. The monoisotopic (exact) mass is 333 g/mol. The van der Waals surface area contributed by atoms with Crippen LogP contribution in [0.15, 0.2) is 33.9 Å². The topological polar surface area (TPSA) is 101 Å². The lowest BCUT2D eigenvalue weighted by Crippen LogP contribution is -2.35. The molecule has 0 saturated carbocycles. The molecule has 0 bridgehead atoms. The van der Waals surface area contributed by atoms with Crippen LogP contribution in [0, 0.1) is 0 Å². The number of likely N-dealkylation sites (N-methyl/N-ethyl adjacent to an activating group) is 1. The Morgan fingerprint density at radius 3 is 2.46 bits per heavy atom. The second-order valence-electron chi connectivity index (χ2n) is 5.56. The van der Waals surface area contributed by atoms with Gasteiger partial charge in [-0.3, -0.25) is 24.3 Å². The largest absolute Gasteiger partial charge is 0.452 e. The molecule has 1 amide bonds. The predicted molar refractivity (Wildman–Crippen MR) is 87.7 cm³/mol. The van der Waals surface area contributed by atoms with E-state index in [0.717, 1.165) is 4.68 Å². The van der Waals surface area contributed by atoms with Crippen molar-refractivity contribution in [2.45, 2.75) is 26.0 Å². The number of H-pyrrole nitrogens is 1. The number of aromatic amines is 1. The summed E-state index contributed by atoms with van der Waals surface area (Å²) in [5.74, 6) is -0.960. The number of carbonyl (C=O) groups excluding carboxylic acids is 2. The van der Waals surface area contributed by atoms with Crippen LogP contribution in [0.1, 0.15) is 13.3 Å². The predicted octanol–water partition coefficient (Wildman–Crippen LogP) is 0.0998. The van der Waals surface area contributed by atoms with Gasteiger partial charge in [0, 0.05) is 14.1 Å². The van der Waals surface area contributed by atoms with E-state index in [-0.39, 0.29) is 24.3 Å². The first-order chi connectivity index (χ1) is 11.3. The summed E-state index contributed by atoms with van der Waals surface area (Å²) in [6.45, 7) is 1.44. The summed E-state index contributed by atoms with van der Waals surface area (Å²) in [6.07, 6.45) is -1.04. The van der Waals surface area contributed by atoms with Crippen LogP contribution >= 0.6 is 0 Å². The number of esters is 1. The van der Waals surface area contributed by atoms with E-state index in [1.165, 1.54) is 11.8 Å². The van der Waals surface area contributed by atoms with Crippen LogP contribution in [0.5, 0.6) is 0 Å². The lowest BCUT2D eigenvalue weighted by molar-refractivity contribution is -0.158. The molecule has 8 nitrogen and oxygen atoms in total. The summed E-state index contributed by atoms with van der Waals surface area (Å²) in [4.78, 5) is 49.0. The molecular weight excluding hydrogens is 314 g/mol. The first-order valence-electron chi connectivity index (χ1n) is 7.43. The lowest BCUT2D eigenvalue weighted by Gasteiger charge is -2.17. The van der Waals surface area contributed by atoms with Crippen molar-refractivity contribution in [3.05, 3.63) is 45.0 Å². The van der Waals surface area contributed by atoms with Crippen molar-refractivity contribution in [2.24, 2.45) is 0 Å². The first kappa shape index (κ1) is 17.5. The van der Waals surface area contributed by atoms with Gasteiger partial charge in [-0.25, -0.2) is 4.68 Å². The van der Waals surface area contributed by atoms with Gasteiger partial charge < -0.3 is 9.64 Å². The van der Waals surface area contributed by atoms with Crippen LogP contribution in [0.4, 0.5) is 0 Å². The highest BCUT2D eigenvalue weighted by molar-refractivity contribution is 5.83. The minimum atomic E-state index is -0.903. The minimum Gasteiger partial charge on any atom is -0.452 e. The van der Waals surface area contributed by atoms with E-state index in [1.807, 2.05) is 0 Å². The Morgan fingerprint density at radius 2 is 1.83 bits per heavy atom. The van der Waals surface area contributed by atoms with Gasteiger partial charge in [0.15, 0.2) is 6.10 Å². The number of ether oxygens (including phenoxy) is 1. The number of aromatic nitrogens is 2. The molecule has 0 aliphatic carbocycles. The van der Waals surface area contributed by atoms with Gasteiger partial charge in [-0.1, -0.05) is 12.1 Å². The van der Waals surface area contributed by atoms with Gasteiger partial charge in [0.05, 0.1) is 23.7 Å². The molecule has 0 saturated heterocycles. The first-order valence-corrected chi connectivity index (χ1v) is 7.43. The molecule has 24 heavy (non-hydrogen) atoms. The molecule has 128 valence electrons. The molecule has 0 unspecified atom stereocenters. The third-order valence-corrected chi connectivity index (χ3v) is 3.52. The summed E-state index contributed by atoms with van der Waals surface area (Å²) in [5, 5.41) is 3.01. The van der Waals surface area contributed by atoms with Crippen molar-refractivity contribution >= 4 is 22.6 Å². The zero-order valence-electron chi connectivity index (χ0n) is 13.7. The fraction of sp³-hybridized carbons (Fsp3) is 0.375. The number of hydrogen-bond acceptors (Lipinski definition) is 5. The molecule has 1 aromatic heterocycles. The maximum atomic E-state index is 12.3. The molecule has 1 N–H and O–H groups in total. The van der Waals surface area contributed by atoms with Crippen LogP contribution in [0.25, 0.3) is 10.8 Å². The quantitative estimate of drug-likeness (QED) is 0.782. The Kier molecular flexibility index (Phi) is 5.18. The average Bonchev–Trinajstić information content (AvgIpc) is 2.56. The normalized spacial score (nSPS) is 12.0. The summed E-state index contributed by atoms with van der Waals surface area (Å²) in [5.41, 5.74) is -0.801. The molecule has 0 spiro atoms. The highest BCUT2D eigenvalue weighted by Crippen LogP contribution is 2.03. The third-order valence-electron chi connectivity index (χ3n) is 3.52. The Labute approximate surface area is 137 Å². The summed E-state index contributed by atoms with van der Waals surface area (Å²) < 4.78 is 6.09. The molecule has 0 aliphatic rings. The Morgan fingerprint density at radius 1 is 1.21 bits per heavy atom. The maximum Gasteiger partial charge on any atom is 0.308 e. The standard InChI is InChI=1S/C16H19N3O5/c1-10(15(22)18(2)3)24-13(20)8-9-19-16(23)12-7-5-4-6-11(12)14(21)17-19/h4-7,10H,8-9H2,1-3H3,(H,17,21)/t10-/m0/s1. The van der Waals surface area contributed by atoms with E-state index in [4.69, 9.17) is 4.74 Å². The summed E-state index contributed by atoms with van der Waals surface area (Å²) in [6, 6.07) is 6.44. The van der Waals surface area contributed by atoms with Gasteiger partial charge in [-0.15, -0.1) is 0 Å². The van der Waals surface area contributed by atoms with Crippen LogP contribution in [0.3, 0.4) is 0 Å². The number of rotatable bonds is 5. The number of carbonyl (C=O) groups is 2. The van der Waals surface area contributed by atoms with E-state index >= 15 is 0 Å². The molecule has 2 rings (SSSR count). The average molecular weight is 333 g/mol. The van der Waals surface area contributed by atoms with Crippen molar-refractivity contribution in [2.75, 3.05) is 14.1 Å². The molecule has 0 aliphatic heterocycles. The van der Waals surface area contributed by atoms with E-state index < -0.39 is 23.2 Å². The third kappa shape index (κ3) is 3.70. The van der Waals surface area contributed by atoms with Crippen molar-refractivity contribution in [3.8, 4) is 0 Å². The molecule has 0 fully saturated rings. The zero-order valence-corrected chi connectivity index (χ0v) is 13.7. The highest BCUT2D eigenvalue weighted by Gasteiger charge is 2.19. The van der Waals surface area contributed by atoms with Crippen molar-refractivity contribution in [1.82, 2.24) is 14.7 Å². The van der Waals surface area contributed by atoms with Crippen molar-refractivity contribution < 1.29 is 14.3 Å². The van der Waals surface area contributed by atoms with Crippen LogP contribution in [-0.2, 0) is 20.9 Å². The number of nitrogens with one attached hydrogen (secondary N) is 1. The molecule has 1 heterocycles. The van der Waals surface area contributed by atoms with Crippen LogP contribution in [0.2, 0.25) is 0 Å². The van der Waals surface area contributed by atoms with Crippen LogP contribution in [-0.4, -0.2) is 46.8 Å². The van der Waals surface area contributed by atoms with E-state index in [1.54, 1.807) is 38.4 Å². The van der Waals surface area contributed by atoms with E-state index in [0.29, 0.717) is 5.39 Å². The maximum absolute atomic E-state index is 12.3. The Balaban J connectivity index is 2.10. The second-order valence-corrected chi connectivity index (χ2v) is 5.56. The molecule has 8 heteroatoms. The smallest absolute Gasteiger partial charge is 0.308 e. The molecule has 2 aromatic rings. The van der Waals surface area contributed by atoms with Crippen molar-refractivity contribution in [1.29, 1.82) is 0 Å². The fourth-order valence-electron chi connectivity index (χ4n) is 2.28. The highest BCUT2D eigenvalue weighted by atomic mass is 16.5. The van der Waals surface area contributed by atoms with Crippen molar-refractivity contribution in [3.63, 3.8) is 0 Å². The zero-order chi connectivity index (χ0) is 17.9. The van der Waals surface area contributed by atoms with Gasteiger partial charge in [0.25, 0.3) is 17.0 Å². The minimum absolute atomic E-state index is 0.0411. The number of fused-ring (bicyclic) bond motifs is 1.